The Labute approximate surface area is 110 Å². The second-order valence-electron chi connectivity index (χ2n) is 4.03. The molecule has 1 aromatic carbocycles. The first kappa shape index (κ1) is 12.9. The molecule has 0 spiro atoms. The zero-order valence-corrected chi connectivity index (χ0v) is 10.6. The van der Waals surface area contributed by atoms with Gasteiger partial charge in [-0.25, -0.2) is 0 Å². The smallest absolute Gasteiger partial charge is 0.252 e. The van der Waals surface area contributed by atoms with E-state index in [1.807, 2.05) is 18.2 Å². The quantitative estimate of drug-likeness (QED) is 0.646. The average molecular weight is 254 g/mol. The molecule has 4 nitrogen and oxygen atoms in total. The number of nitrogens with one attached hydrogen (secondary N) is 2. The summed E-state index contributed by atoms with van der Waals surface area (Å²) < 4.78 is 0. The largest absolute Gasteiger partial charge is 0.351 e. The van der Waals surface area contributed by atoms with E-state index in [1.165, 1.54) is 6.07 Å². The van der Waals surface area contributed by atoms with E-state index >= 15 is 0 Å². The van der Waals surface area contributed by atoms with Crippen LogP contribution in [0.4, 0.5) is 0 Å². The van der Waals surface area contributed by atoms with Crippen LogP contribution in [0, 0.1) is 11.8 Å². The van der Waals surface area contributed by atoms with Crippen molar-refractivity contribution in [3.8, 4) is 11.8 Å². The zero-order chi connectivity index (χ0) is 13.7. The predicted molar refractivity (Wildman–Crippen MR) is 75.0 cm³/mol. The van der Waals surface area contributed by atoms with Gasteiger partial charge in [-0.3, -0.25) is 9.59 Å². The highest BCUT2D eigenvalue weighted by atomic mass is 16.2. The lowest BCUT2D eigenvalue weighted by Gasteiger charge is -2.06. The maximum absolute atomic E-state index is 12.1. The van der Waals surface area contributed by atoms with E-state index in [-0.39, 0.29) is 11.5 Å². The molecule has 0 saturated carbocycles. The van der Waals surface area contributed by atoms with E-state index in [0.29, 0.717) is 24.0 Å². The van der Waals surface area contributed by atoms with Crippen molar-refractivity contribution in [2.75, 3.05) is 6.54 Å². The highest BCUT2D eigenvalue weighted by molar-refractivity contribution is 6.05. The molecule has 1 amide bonds. The van der Waals surface area contributed by atoms with Crippen LogP contribution in [0.2, 0.25) is 0 Å². The van der Waals surface area contributed by atoms with Gasteiger partial charge in [-0.2, -0.15) is 0 Å². The SMILES string of the molecule is CC#CCCNC(=O)c1cc(=O)[nH]c2ccccc12. The van der Waals surface area contributed by atoms with Crippen LogP contribution in [0.1, 0.15) is 23.7 Å². The number of hydrogen-bond acceptors (Lipinski definition) is 2. The van der Waals surface area contributed by atoms with Gasteiger partial charge in [-0.15, -0.1) is 11.8 Å². The van der Waals surface area contributed by atoms with Crippen LogP contribution in [0.3, 0.4) is 0 Å². The van der Waals surface area contributed by atoms with E-state index in [1.54, 1.807) is 13.0 Å². The number of aromatic amines is 1. The van der Waals surface area contributed by atoms with Crippen molar-refractivity contribution in [3.63, 3.8) is 0 Å². The summed E-state index contributed by atoms with van der Waals surface area (Å²) in [4.78, 5) is 26.3. The molecule has 1 heterocycles. The number of para-hydroxylation sites is 1. The summed E-state index contributed by atoms with van der Waals surface area (Å²) in [6.07, 6.45) is 0.601. The minimum Gasteiger partial charge on any atom is -0.351 e. The molecular weight excluding hydrogens is 240 g/mol. The van der Waals surface area contributed by atoms with Crippen molar-refractivity contribution in [1.29, 1.82) is 0 Å². The molecule has 2 N–H and O–H groups in total. The van der Waals surface area contributed by atoms with Crippen molar-refractivity contribution in [2.45, 2.75) is 13.3 Å². The number of aromatic nitrogens is 1. The van der Waals surface area contributed by atoms with Crippen molar-refractivity contribution in [1.82, 2.24) is 10.3 Å². The number of H-pyrrole nitrogens is 1. The Balaban J connectivity index is 2.30. The van der Waals surface area contributed by atoms with Crippen molar-refractivity contribution >= 4 is 16.8 Å². The molecule has 19 heavy (non-hydrogen) atoms. The Bertz CT molecular complexity index is 720. The fraction of sp³-hybridized carbons (Fsp3) is 0.200. The maximum atomic E-state index is 12.1. The van der Waals surface area contributed by atoms with Gasteiger partial charge >= 0.3 is 0 Å². The number of carbonyl (C=O) groups is 1. The Kier molecular flexibility index (Phi) is 3.99. The molecule has 0 radical (unpaired) electrons. The molecule has 0 fully saturated rings. The molecule has 2 rings (SSSR count). The van der Waals surface area contributed by atoms with Gasteiger partial charge in [-0.1, -0.05) is 18.2 Å². The molecule has 0 bridgehead atoms. The summed E-state index contributed by atoms with van der Waals surface area (Å²) in [5.74, 6) is 5.38. The summed E-state index contributed by atoms with van der Waals surface area (Å²) in [6.45, 7) is 2.23. The van der Waals surface area contributed by atoms with Gasteiger partial charge in [0.05, 0.1) is 5.56 Å². The molecule has 0 atom stereocenters. The fourth-order valence-electron chi connectivity index (χ4n) is 1.85. The lowest BCUT2D eigenvalue weighted by Crippen LogP contribution is -2.26. The van der Waals surface area contributed by atoms with Crippen LogP contribution in [0.15, 0.2) is 35.1 Å². The first-order valence-electron chi connectivity index (χ1n) is 6.02. The summed E-state index contributed by atoms with van der Waals surface area (Å²) in [7, 11) is 0. The van der Waals surface area contributed by atoms with Gasteiger partial charge in [-0.05, 0) is 13.0 Å². The molecule has 0 saturated heterocycles. The molecule has 0 aliphatic rings. The number of rotatable bonds is 3. The second-order valence-corrected chi connectivity index (χ2v) is 4.03. The van der Waals surface area contributed by atoms with Crippen molar-refractivity contribution in [3.05, 3.63) is 46.2 Å². The van der Waals surface area contributed by atoms with E-state index in [9.17, 15) is 9.59 Å². The van der Waals surface area contributed by atoms with E-state index in [0.717, 1.165) is 5.39 Å². The summed E-state index contributed by atoms with van der Waals surface area (Å²) in [5, 5.41) is 3.50. The third-order valence-corrected chi connectivity index (χ3v) is 2.71. The molecular formula is C15H14N2O2. The summed E-state index contributed by atoms with van der Waals surface area (Å²) >= 11 is 0. The van der Waals surface area contributed by atoms with Gasteiger partial charge < -0.3 is 10.3 Å². The predicted octanol–water partition coefficient (Wildman–Crippen LogP) is 1.67. The summed E-state index contributed by atoms with van der Waals surface area (Å²) in [5.41, 5.74) is 0.773. The van der Waals surface area contributed by atoms with Crippen LogP contribution in [-0.2, 0) is 0 Å². The van der Waals surface area contributed by atoms with E-state index in [2.05, 4.69) is 22.1 Å². The third-order valence-electron chi connectivity index (χ3n) is 2.71. The Hall–Kier alpha value is -2.54. The Morgan fingerprint density at radius 1 is 1.37 bits per heavy atom. The summed E-state index contributed by atoms with van der Waals surface area (Å²) in [6, 6.07) is 8.56. The van der Waals surface area contributed by atoms with Gasteiger partial charge in [0.15, 0.2) is 0 Å². The normalized spacial score (nSPS) is 9.74. The van der Waals surface area contributed by atoms with Crippen LogP contribution in [-0.4, -0.2) is 17.4 Å². The van der Waals surface area contributed by atoms with E-state index in [4.69, 9.17) is 0 Å². The van der Waals surface area contributed by atoms with Crippen molar-refractivity contribution in [2.24, 2.45) is 0 Å². The minimum atomic E-state index is -0.280. The minimum absolute atomic E-state index is 0.250. The number of pyridine rings is 1. The zero-order valence-electron chi connectivity index (χ0n) is 10.6. The molecule has 1 aromatic heterocycles. The van der Waals surface area contributed by atoms with Crippen LogP contribution >= 0.6 is 0 Å². The van der Waals surface area contributed by atoms with Gasteiger partial charge in [0, 0.05) is 29.9 Å². The Morgan fingerprint density at radius 3 is 2.95 bits per heavy atom. The number of hydrogen-bond donors (Lipinski definition) is 2. The number of amides is 1. The second kappa shape index (κ2) is 5.87. The van der Waals surface area contributed by atoms with Crippen LogP contribution < -0.4 is 10.9 Å². The number of fused-ring (bicyclic) bond motifs is 1. The molecule has 0 unspecified atom stereocenters. The highest BCUT2D eigenvalue weighted by Gasteiger charge is 2.10. The Morgan fingerprint density at radius 2 is 2.16 bits per heavy atom. The van der Waals surface area contributed by atoms with Crippen molar-refractivity contribution < 1.29 is 4.79 Å². The van der Waals surface area contributed by atoms with Gasteiger partial charge in [0.1, 0.15) is 0 Å². The number of carbonyl (C=O) groups excluding carboxylic acids is 1. The van der Waals surface area contributed by atoms with Gasteiger partial charge in [0.2, 0.25) is 5.56 Å². The molecule has 4 heteroatoms. The monoisotopic (exact) mass is 254 g/mol. The van der Waals surface area contributed by atoms with Crippen LogP contribution in [0.5, 0.6) is 0 Å². The lowest BCUT2D eigenvalue weighted by atomic mass is 10.1. The lowest BCUT2D eigenvalue weighted by molar-refractivity contribution is 0.0956. The first-order chi connectivity index (χ1) is 9.22. The highest BCUT2D eigenvalue weighted by Crippen LogP contribution is 2.14. The average Bonchev–Trinajstić information content (AvgIpc) is 2.42. The topological polar surface area (TPSA) is 62.0 Å². The maximum Gasteiger partial charge on any atom is 0.252 e. The third kappa shape index (κ3) is 3.02. The molecule has 96 valence electrons. The fourth-order valence-corrected chi connectivity index (χ4v) is 1.85. The molecule has 2 aromatic rings. The van der Waals surface area contributed by atoms with Crippen LogP contribution in [0.25, 0.3) is 10.9 Å². The first-order valence-corrected chi connectivity index (χ1v) is 6.02. The number of benzene rings is 1. The van der Waals surface area contributed by atoms with Gasteiger partial charge in [0.25, 0.3) is 5.91 Å². The van der Waals surface area contributed by atoms with E-state index < -0.39 is 0 Å². The standard InChI is InChI=1S/C15H14N2O2/c1-2-3-6-9-16-15(19)12-10-14(18)17-13-8-5-4-7-11(12)13/h4-5,7-8,10H,6,9H2,1H3,(H,16,19)(H,17,18). The molecule has 0 aliphatic heterocycles. The molecule has 0 aliphatic carbocycles.